The molecule has 3 heteroatoms. The number of nitrogen functional groups attached to an aromatic ring is 1. The van der Waals surface area contributed by atoms with Crippen LogP contribution in [0.5, 0.6) is 0 Å². The Morgan fingerprint density at radius 1 is 1.10 bits per heavy atom. The lowest BCUT2D eigenvalue weighted by Crippen LogP contribution is -2.24. The van der Waals surface area contributed by atoms with Crippen LogP contribution in [0.2, 0.25) is 0 Å². The molecule has 0 aliphatic heterocycles. The van der Waals surface area contributed by atoms with Crippen LogP contribution in [-0.4, -0.2) is 6.54 Å². The van der Waals surface area contributed by atoms with Gasteiger partial charge in [0.05, 0.1) is 0 Å². The first kappa shape index (κ1) is 14.9. The van der Waals surface area contributed by atoms with Crippen LogP contribution in [0.4, 0.5) is 11.4 Å². The third kappa shape index (κ3) is 4.01. The minimum absolute atomic E-state index is 0.812. The first-order valence-electron chi connectivity index (χ1n) is 7.04. The summed E-state index contributed by atoms with van der Waals surface area (Å²) in [6, 6.07) is 16.5. The molecule has 2 rings (SSSR count). The van der Waals surface area contributed by atoms with Gasteiger partial charge < -0.3 is 10.6 Å². The Morgan fingerprint density at radius 3 is 2.55 bits per heavy atom. The first-order chi connectivity index (χ1) is 9.70. The Hall–Kier alpha value is -1.48. The van der Waals surface area contributed by atoms with E-state index in [2.05, 4.69) is 58.1 Å². The van der Waals surface area contributed by atoms with Gasteiger partial charge in [-0.2, -0.15) is 0 Å². The fourth-order valence-electron chi connectivity index (χ4n) is 2.21. The van der Waals surface area contributed by atoms with Gasteiger partial charge in [-0.05, 0) is 42.3 Å². The molecule has 0 radical (unpaired) electrons. The van der Waals surface area contributed by atoms with Gasteiger partial charge in [-0.1, -0.05) is 47.5 Å². The van der Waals surface area contributed by atoms with Crippen LogP contribution < -0.4 is 10.6 Å². The van der Waals surface area contributed by atoms with Crippen LogP contribution in [0.15, 0.2) is 53.0 Å². The summed E-state index contributed by atoms with van der Waals surface area (Å²) in [5.41, 5.74) is 9.20. The number of halogens is 1. The Kier molecular flexibility index (Phi) is 5.48. The Morgan fingerprint density at radius 2 is 1.85 bits per heavy atom. The summed E-state index contributed by atoms with van der Waals surface area (Å²) in [5.74, 6) is 0. The van der Waals surface area contributed by atoms with E-state index in [1.54, 1.807) is 0 Å². The van der Waals surface area contributed by atoms with Gasteiger partial charge in [-0.15, -0.1) is 0 Å². The highest BCUT2D eigenvalue weighted by Gasteiger charge is 2.09. The first-order valence-corrected chi connectivity index (χ1v) is 7.84. The van der Waals surface area contributed by atoms with E-state index in [0.717, 1.165) is 23.2 Å². The molecule has 2 aromatic rings. The molecule has 106 valence electrons. The van der Waals surface area contributed by atoms with Gasteiger partial charge in [0.2, 0.25) is 0 Å². The van der Waals surface area contributed by atoms with Crippen molar-refractivity contribution in [2.75, 3.05) is 17.2 Å². The standard InChI is InChI=1S/C17H21BrN2/c1-2-3-11-20(16-7-5-4-6-8-16)13-14-12-15(19)9-10-17(14)18/h4-10,12H,2-3,11,13,19H2,1H3. The van der Waals surface area contributed by atoms with E-state index in [1.807, 2.05) is 18.2 Å². The molecule has 0 bridgehead atoms. The quantitative estimate of drug-likeness (QED) is 0.767. The predicted octanol–water partition coefficient (Wildman–Crippen LogP) is 4.84. The van der Waals surface area contributed by atoms with Gasteiger partial charge in [0.25, 0.3) is 0 Å². The maximum absolute atomic E-state index is 5.90. The number of unbranched alkanes of at least 4 members (excludes halogenated alkanes) is 1. The average Bonchev–Trinajstić information content (AvgIpc) is 2.48. The van der Waals surface area contributed by atoms with Gasteiger partial charge in [0, 0.05) is 28.9 Å². The van der Waals surface area contributed by atoms with Crippen LogP contribution in [0.3, 0.4) is 0 Å². The molecule has 0 fully saturated rings. The van der Waals surface area contributed by atoms with Gasteiger partial charge in [0.15, 0.2) is 0 Å². The van der Waals surface area contributed by atoms with Crippen LogP contribution in [0, 0.1) is 0 Å². The summed E-state index contributed by atoms with van der Waals surface area (Å²) in [4.78, 5) is 2.41. The molecule has 0 aromatic heterocycles. The second-order valence-electron chi connectivity index (χ2n) is 4.96. The highest BCUT2D eigenvalue weighted by atomic mass is 79.9. The van der Waals surface area contributed by atoms with E-state index in [4.69, 9.17) is 5.73 Å². The van der Waals surface area contributed by atoms with Crippen LogP contribution >= 0.6 is 15.9 Å². The van der Waals surface area contributed by atoms with Crippen molar-refractivity contribution in [2.45, 2.75) is 26.3 Å². The van der Waals surface area contributed by atoms with Crippen molar-refractivity contribution >= 4 is 27.3 Å². The molecule has 2 N–H and O–H groups in total. The molecule has 0 amide bonds. The third-order valence-electron chi connectivity index (χ3n) is 3.33. The van der Waals surface area contributed by atoms with E-state index in [-0.39, 0.29) is 0 Å². The van der Waals surface area contributed by atoms with Crippen molar-refractivity contribution in [1.82, 2.24) is 0 Å². The number of hydrogen-bond acceptors (Lipinski definition) is 2. The zero-order valence-corrected chi connectivity index (χ0v) is 13.4. The van der Waals surface area contributed by atoms with Crippen molar-refractivity contribution < 1.29 is 0 Å². The molecule has 0 unspecified atom stereocenters. The normalized spacial score (nSPS) is 10.5. The van der Waals surface area contributed by atoms with Gasteiger partial charge >= 0.3 is 0 Å². The Bertz CT molecular complexity index is 540. The SMILES string of the molecule is CCCCN(Cc1cc(N)ccc1Br)c1ccccc1. The van der Waals surface area contributed by atoms with E-state index in [0.29, 0.717) is 0 Å². The van der Waals surface area contributed by atoms with Crippen molar-refractivity contribution in [3.8, 4) is 0 Å². The molecule has 20 heavy (non-hydrogen) atoms. The summed E-state index contributed by atoms with van der Waals surface area (Å²) < 4.78 is 1.11. The summed E-state index contributed by atoms with van der Waals surface area (Å²) in [5, 5.41) is 0. The lowest BCUT2D eigenvalue weighted by Gasteiger charge is -2.25. The zero-order chi connectivity index (χ0) is 14.4. The lowest BCUT2D eigenvalue weighted by atomic mass is 10.1. The highest BCUT2D eigenvalue weighted by Crippen LogP contribution is 2.24. The van der Waals surface area contributed by atoms with Crippen LogP contribution in [0.25, 0.3) is 0 Å². The molecule has 0 spiro atoms. The topological polar surface area (TPSA) is 29.3 Å². The third-order valence-corrected chi connectivity index (χ3v) is 4.11. The number of para-hydroxylation sites is 1. The fraction of sp³-hybridized carbons (Fsp3) is 0.294. The molecule has 0 saturated carbocycles. The van der Waals surface area contributed by atoms with E-state index < -0.39 is 0 Å². The van der Waals surface area contributed by atoms with Crippen molar-refractivity contribution in [3.63, 3.8) is 0 Å². The second kappa shape index (κ2) is 7.34. The summed E-state index contributed by atoms with van der Waals surface area (Å²) in [6.07, 6.45) is 2.39. The maximum Gasteiger partial charge on any atom is 0.0441 e. The van der Waals surface area contributed by atoms with Crippen LogP contribution in [0.1, 0.15) is 25.3 Å². The average molecular weight is 333 g/mol. The largest absolute Gasteiger partial charge is 0.399 e. The highest BCUT2D eigenvalue weighted by molar-refractivity contribution is 9.10. The van der Waals surface area contributed by atoms with Gasteiger partial charge in [0.1, 0.15) is 0 Å². The second-order valence-corrected chi connectivity index (χ2v) is 5.82. The lowest BCUT2D eigenvalue weighted by molar-refractivity contribution is 0.715. The van der Waals surface area contributed by atoms with Crippen molar-refractivity contribution in [2.24, 2.45) is 0 Å². The summed E-state index contributed by atoms with van der Waals surface area (Å²) >= 11 is 3.62. The number of nitrogens with zero attached hydrogens (tertiary/aromatic N) is 1. The molecule has 2 aromatic carbocycles. The fourth-order valence-corrected chi connectivity index (χ4v) is 2.58. The van der Waals surface area contributed by atoms with Crippen molar-refractivity contribution in [3.05, 3.63) is 58.6 Å². The molecule has 0 aliphatic rings. The molecule has 0 atom stereocenters. The molecule has 2 nitrogen and oxygen atoms in total. The molecule has 0 aliphatic carbocycles. The summed E-state index contributed by atoms with van der Waals surface area (Å²) in [7, 11) is 0. The number of anilines is 2. The number of rotatable bonds is 6. The van der Waals surface area contributed by atoms with E-state index >= 15 is 0 Å². The van der Waals surface area contributed by atoms with Crippen LogP contribution in [-0.2, 0) is 6.54 Å². The molecule has 0 saturated heterocycles. The number of nitrogens with two attached hydrogens (primary N) is 1. The molecule has 0 heterocycles. The van der Waals surface area contributed by atoms with Gasteiger partial charge in [-0.3, -0.25) is 0 Å². The van der Waals surface area contributed by atoms with E-state index in [1.165, 1.54) is 24.1 Å². The summed E-state index contributed by atoms with van der Waals surface area (Å²) in [6.45, 7) is 4.15. The van der Waals surface area contributed by atoms with E-state index in [9.17, 15) is 0 Å². The smallest absolute Gasteiger partial charge is 0.0441 e. The zero-order valence-electron chi connectivity index (χ0n) is 11.8. The number of hydrogen-bond donors (Lipinski definition) is 1. The predicted molar refractivity (Wildman–Crippen MR) is 91.0 cm³/mol. The minimum Gasteiger partial charge on any atom is -0.399 e. The maximum atomic E-state index is 5.90. The Labute approximate surface area is 129 Å². The molecular formula is C17H21BrN2. The number of benzene rings is 2. The van der Waals surface area contributed by atoms with Crippen molar-refractivity contribution in [1.29, 1.82) is 0 Å². The Balaban J connectivity index is 2.21. The minimum atomic E-state index is 0.812. The van der Waals surface area contributed by atoms with Gasteiger partial charge in [-0.25, -0.2) is 0 Å². The monoisotopic (exact) mass is 332 g/mol. The molecular weight excluding hydrogens is 312 g/mol.